The molecule has 178 valence electrons. The monoisotopic (exact) mass is 440 g/mol. The molecule has 0 amide bonds. The van der Waals surface area contributed by atoms with Crippen LogP contribution >= 0.6 is 0 Å². The van der Waals surface area contributed by atoms with E-state index in [4.69, 9.17) is 4.43 Å². The van der Waals surface area contributed by atoms with Crippen LogP contribution in [0.25, 0.3) is 0 Å². The summed E-state index contributed by atoms with van der Waals surface area (Å²) in [4.78, 5) is 0. The quantitative estimate of drug-likeness (QED) is 0.382. The highest BCUT2D eigenvalue weighted by molar-refractivity contribution is 6.74. The normalized spacial score (nSPS) is 32.7. The molecule has 2 fully saturated rings. The predicted molar refractivity (Wildman–Crippen MR) is 130 cm³/mol. The molecular weight excluding hydrogens is 388 g/mol. The van der Waals surface area contributed by atoms with Crippen molar-refractivity contribution < 1.29 is 14.6 Å². The summed E-state index contributed by atoms with van der Waals surface area (Å²) in [6, 6.07) is 0. The van der Waals surface area contributed by atoms with Crippen molar-refractivity contribution in [1.29, 1.82) is 0 Å². The molecule has 2 N–H and O–H groups in total. The van der Waals surface area contributed by atoms with E-state index in [-0.39, 0.29) is 17.1 Å². The van der Waals surface area contributed by atoms with Gasteiger partial charge in [0.05, 0.1) is 5.60 Å². The first-order valence-electron chi connectivity index (χ1n) is 12.6. The zero-order valence-electron chi connectivity index (χ0n) is 21.6. The van der Waals surface area contributed by atoms with E-state index in [1.54, 1.807) is 0 Å². The second-order valence-electron chi connectivity index (χ2n) is 13.3. The van der Waals surface area contributed by atoms with Gasteiger partial charge in [0.25, 0.3) is 0 Å². The number of aliphatic hydroxyl groups excluding tert-OH is 1. The van der Waals surface area contributed by atoms with Gasteiger partial charge >= 0.3 is 0 Å². The van der Waals surface area contributed by atoms with E-state index in [9.17, 15) is 10.2 Å². The molecule has 2 aliphatic rings. The third-order valence-electron chi connectivity index (χ3n) is 9.38. The van der Waals surface area contributed by atoms with Gasteiger partial charge in [-0.2, -0.15) is 0 Å². The first kappa shape index (κ1) is 26.4. The molecule has 2 aliphatic carbocycles. The highest BCUT2D eigenvalue weighted by Gasteiger charge is 2.57. The molecule has 0 spiro atoms. The highest BCUT2D eigenvalue weighted by Crippen LogP contribution is 2.63. The van der Waals surface area contributed by atoms with Gasteiger partial charge in [-0.15, -0.1) is 0 Å². The van der Waals surface area contributed by atoms with Gasteiger partial charge in [-0.25, -0.2) is 0 Å². The minimum Gasteiger partial charge on any atom is -0.414 e. The van der Waals surface area contributed by atoms with Crippen molar-refractivity contribution in [1.82, 2.24) is 0 Å². The largest absolute Gasteiger partial charge is 0.414 e. The Kier molecular flexibility index (Phi) is 8.04. The lowest BCUT2D eigenvalue weighted by molar-refractivity contribution is -0.0511. The predicted octanol–water partition coefficient (Wildman–Crippen LogP) is 6.92. The molecule has 4 heteroatoms. The number of rotatable bonds is 9. The average molecular weight is 441 g/mol. The Morgan fingerprint density at radius 2 is 1.60 bits per heavy atom. The smallest absolute Gasteiger partial charge is 0.192 e. The number of hydrogen-bond donors (Lipinski definition) is 2. The standard InChI is InChI=1S/C26H52O3Si/c1-23(2,3)30(8,9)29-21-12-10-17-26(7)20(21)13-14-22(26)25(6,18-19-27)16-11-15-24(4,5)28/h20-22,27-28H,10-19H2,1-9H3/t20?,21?,22?,25-,26+/m1/s1. The first-order chi connectivity index (χ1) is 13.6. The highest BCUT2D eigenvalue weighted by atomic mass is 28.4. The van der Waals surface area contributed by atoms with Crippen LogP contribution in [0.2, 0.25) is 18.1 Å². The summed E-state index contributed by atoms with van der Waals surface area (Å²) in [6.45, 7) is 20.9. The van der Waals surface area contributed by atoms with Crippen molar-refractivity contribution in [2.24, 2.45) is 22.7 Å². The maximum absolute atomic E-state index is 10.2. The molecule has 30 heavy (non-hydrogen) atoms. The van der Waals surface area contributed by atoms with E-state index in [1.807, 2.05) is 13.8 Å². The maximum atomic E-state index is 10.2. The molecule has 3 unspecified atom stereocenters. The molecule has 5 atom stereocenters. The molecule has 0 bridgehead atoms. The summed E-state index contributed by atoms with van der Waals surface area (Å²) in [5.41, 5.74) is -0.151. The van der Waals surface area contributed by atoms with Crippen LogP contribution in [0.15, 0.2) is 0 Å². The summed E-state index contributed by atoms with van der Waals surface area (Å²) in [6.07, 6.45) is 10.6. The van der Waals surface area contributed by atoms with Crippen LogP contribution in [-0.4, -0.2) is 36.8 Å². The molecule has 0 saturated heterocycles. The minimum atomic E-state index is -1.78. The topological polar surface area (TPSA) is 49.7 Å². The van der Waals surface area contributed by atoms with E-state index < -0.39 is 13.9 Å². The van der Waals surface area contributed by atoms with Crippen molar-refractivity contribution in [3.8, 4) is 0 Å². The fourth-order valence-electron chi connectivity index (χ4n) is 6.61. The maximum Gasteiger partial charge on any atom is 0.192 e. The van der Waals surface area contributed by atoms with Crippen molar-refractivity contribution in [3.63, 3.8) is 0 Å². The summed E-state index contributed by atoms with van der Waals surface area (Å²) in [7, 11) is -1.78. The Balaban J connectivity index is 2.21. The van der Waals surface area contributed by atoms with E-state index in [1.165, 1.54) is 32.1 Å². The fourth-order valence-corrected chi connectivity index (χ4v) is 8.01. The molecule has 0 aliphatic heterocycles. The molecule has 3 nitrogen and oxygen atoms in total. The van der Waals surface area contributed by atoms with Gasteiger partial charge in [-0.1, -0.05) is 47.5 Å². The van der Waals surface area contributed by atoms with Gasteiger partial charge < -0.3 is 14.6 Å². The summed E-state index contributed by atoms with van der Waals surface area (Å²) >= 11 is 0. The molecule has 0 aromatic heterocycles. The van der Waals surface area contributed by atoms with E-state index in [0.29, 0.717) is 23.4 Å². The van der Waals surface area contributed by atoms with Crippen LogP contribution in [0.3, 0.4) is 0 Å². The van der Waals surface area contributed by atoms with Crippen LogP contribution in [0.4, 0.5) is 0 Å². The third kappa shape index (κ3) is 5.71. The van der Waals surface area contributed by atoms with Crippen molar-refractivity contribution in [2.45, 2.75) is 136 Å². The van der Waals surface area contributed by atoms with Gasteiger partial charge in [-0.3, -0.25) is 0 Å². The summed E-state index contributed by atoms with van der Waals surface area (Å²) < 4.78 is 7.03. The van der Waals surface area contributed by atoms with Gasteiger partial charge in [0.15, 0.2) is 8.32 Å². The summed E-state index contributed by atoms with van der Waals surface area (Å²) in [5.74, 6) is 1.28. The average Bonchev–Trinajstić information content (AvgIpc) is 2.91. The zero-order valence-corrected chi connectivity index (χ0v) is 22.6. The number of fused-ring (bicyclic) bond motifs is 1. The van der Waals surface area contributed by atoms with Crippen LogP contribution in [0.5, 0.6) is 0 Å². The Morgan fingerprint density at radius 1 is 0.967 bits per heavy atom. The molecule has 2 rings (SSSR count). The molecule has 0 aromatic rings. The zero-order chi connectivity index (χ0) is 23.0. The fraction of sp³-hybridized carbons (Fsp3) is 1.00. The van der Waals surface area contributed by atoms with Crippen molar-refractivity contribution >= 4 is 8.32 Å². The molecule has 0 heterocycles. The third-order valence-corrected chi connectivity index (χ3v) is 13.9. The second kappa shape index (κ2) is 9.15. The van der Waals surface area contributed by atoms with Crippen molar-refractivity contribution in [3.05, 3.63) is 0 Å². The molecule has 0 aromatic carbocycles. The van der Waals surface area contributed by atoms with Gasteiger partial charge in [0.2, 0.25) is 0 Å². The van der Waals surface area contributed by atoms with Crippen LogP contribution < -0.4 is 0 Å². The SMILES string of the molecule is CC(C)(O)CCC[C@](C)(CCO)C1CCC2C(O[Si](C)(C)C(C)(C)C)CCC[C@@]21C. The van der Waals surface area contributed by atoms with Gasteiger partial charge in [-0.05, 0) is 99.6 Å². The van der Waals surface area contributed by atoms with Gasteiger partial charge in [0, 0.05) is 12.7 Å². The van der Waals surface area contributed by atoms with E-state index in [2.05, 4.69) is 47.7 Å². The van der Waals surface area contributed by atoms with E-state index >= 15 is 0 Å². The Labute approximate surface area is 188 Å². The minimum absolute atomic E-state index is 0.141. The number of aliphatic hydroxyl groups is 2. The molecule has 0 radical (unpaired) electrons. The second-order valence-corrected chi connectivity index (χ2v) is 18.1. The number of hydrogen-bond acceptors (Lipinski definition) is 3. The lowest BCUT2D eigenvalue weighted by Crippen LogP contribution is -2.51. The lowest BCUT2D eigenvalue weighted by atomic mass is 9.56. The van der Waals surface area contributed by atoms with Crippen LogP contribution in [-0.2, 0) is 4.43 Å². The van der Waals surface area contributed by atoms with E-state index in [0.717, 1.165) is 25.7 Å². The lowest BCUT2D eigenvalue weighted by Gasteiger charge is -2.52. The molecule has 2 saturated carbocycles. The Bertz CT molecular complexity index is 562. The Morgan fingerprint density at radius 3 is 2.13 bits per heavy atom. The van der Waals surface area contributed by atoms with Crippen molar-refractivity contribution in [2.75, 3.05) is 6.61 Å². The summed E-state index contributed by atoms with van der Waals surface area (Å²) in [5, 5.41) is 20.4. The Hall–Kier alpha value is 0.0969. The van der Waals surface area contributed by atoms with Crippen LogP contribution in [0.1, 0.15) is 106 Å². The first-order valence-corrected chi connectivity index (χ1v) is 15.5. The molecular formula is C26H52O3Si. The van der Waals surface area contributed by atoms with Gasteiger partial charge in [0.1, 0.15) is 0 Å². The van der Waals surface area contributed by atoms with Crippen LogP contribution in [0, 0.1) is 22.7 Å².